The fourth-order valence-corrected chi connectivity index (χ4v) is 6.69. The second kappa shape index (κ2) is 14.0. The van der Waals surface area contributed by atoms with Crippen molar-refractivity contribution < 1.29 is 18.0 Å². The smallest absolute Gasteiger partial charge is 0.321 e. The summed E-state index contributed by atoms with van der Waals surface area (Å²) in [5.74, 6) is -0.277. The number of halogens is 1. The van der Waals surface area contributed by atoms with Crippen LogP contribution in [0.5, 0.6) is 0 Å². The summed E-state index contributed by atoms with van der Waals surface area (Å²) in [6, 6.07) is 23.0. The number of piperidine rings is 1. The number of nitrogens with zero attached hydrogens (tertiary/aromatic N) is 3. The molecule has 0 bridgehead atoms. The molecule has 1 fully saturated rings. The van der Waals surface area contributed by atoms with Gasteiger partial charge in [0.2, 0.25) is 15.9 Å². The molecule has 1 saturated heterocycles. The minimum atomic E-state index is -3.87. The van der Waals surface area contributed by atoms with Crippen molar-refractivity contribution in [1.29, 1.82) is 0 Å². The molecule has 3 amide bonds. The Morgan fingerprint density at radius 3 is 2.29 bits per heavy atom. The number of rotatable bonds is 10. The molecule has 0 unspecified atom stereocenters. The standard InChI is InChI=1S/C31H37ClN4O4S/c1-3-18-35(41(39,40)29-14-12-24(2)13-15-29)23-30(37)36(22-25-8-7-9-26(32)21-25)28-16-19-34(20-17-28)31(38)33-27-10-5-4-6-11-27/h4-15,21,28H,3,16-20,22-23H2,1-2H3,(H,33,38). The van der Waals surface area contributed by atoms with Crippen LogP contribution in [0.2, 0.25) is 5.02 Å². The van der Waals surface area contributed by atoms with Crippen LogP contribution in [0.15, 0.2) is 83.8 Å². The van der Waals surface area contributed by atoms with Crippen molar-refractivity contribution in [2.75, 3.05) is 31.5 Å². The van der Waals surface area contributed by atoms with E-state index in [2.05, 4.69) is 5.32 Å². The molecule has 3 aromatic rings. The molecular formula is C31H37ClN4O4S. The number of benzene rings is 3. The van der Waals surface area contributed by atoms with Gasteiger partial charge in [-0.3, -0.25) is 4.79 Å². The van der Waals surface area contributed by atoms with Gasteiger partial charge in [0.1, 0.15) is 0 Å². The van der Waals surface area contributed by atoms with E-state index in [9.17, 15) is 18.0 Å². The number of sulfonamides is 1. The van der Waals surface area contributed by atoms with E-state index in [1.807, 2.05) is 62.4 Å². The van der Waals surface area contributed by atoms with Gasteiger partial charge in [-0.15, -0.1) is 0 Å². The van der Waals surface area contributed by atoms with Crippen molar-refractivity contribution in [3.63, 3.8) is 0 Å². The third-order valence-corrected chi connectivity index (χ3v) is 9.32. The number of anilines is 1. The summed E-state index contributed by atoms with van der Waals surface area (Å²) in [7, 11) is -3.87. The molecule has 1 aliphatic rings. The minimum absolute atomic E-state index is 0.159. The summed E-state index contributed by atoms with van der Waals surface area (Å²) in [5.41, 5.74) is 2.54. The molecule has 0 atom stereocenters. The maximum Gasteiger partial charge on any atom is 0.321 e. The molecule has 8 nitrogen and oxygen atoms in total. The van der Waals surface area contributed by atoms with Gasteiger partial charge >= 0.3 is 6.03 Å². The van der Waals surface area contributed by atoms with Crippen LogP contribution in [-0.2, 0) is 21.4 Å². The van der Waals surface area contributed by atoms with E-state index in [0.717, 1.165) is 16.8 Å². The largest absolute Gasteiger partial charge is 0.334 e. The molecule has 0 saturated carbocycles. The second-order valence-electron chi connectivity index (χ2n) is 10.3. The van der Waals surface area contributed by atoms with E-state index in [1.165, 1.54) is 4.31 Å². The predicted octanol–water partition coefficient (Wildman–Crippen LogP) is 5.77. The first-order chi connectivity index (χ1) is 19.7. The molecule has 0 radical (unpaired) electrons. The number of likely N-dealkylation sites (tertiary alicyclic amines) is 1. The lowest BCUT2D eigenvalue weighted by Gasteiger charge is -2.39. The number of urea groups is 1. The third-order valence-electron chi connectivity index (χ3n) is 7.22. The molecule has 0 aliphatic carbocycles. The topological polar surface area (TPSA) is 90.0 Å². The lowest BCUT2D eigenvalue weighted by Crippen LogP contribution is -2.51. The number of hydrogen-bond acceptors (Lipinski definition) is 4. The zero-order valence-electron chi connectivity index (χ0n) is 23.5. The molecule has 1 N–H and O–H groups in total. The first-order valence-corrected chi connectivity index (χ1v) is 15.7. The highest BCUT2D eigenvalue weighted by molar-refractivity contribution is 7.89. The Morgan fingerprint density at radius 2 is 1.66 bits per heavy atom. The Morgan fingerprint density at radius 1 is 0.976 bits per heavy atom. The summed E-state index contributed by atoms with van der Waals surface area (Å²) in [6.45, 7) is 5.00. The maximum absolute atomic E-state index is 13.9. The predicted molar refractivity (Wildman–Crippen MR) is 162 cm³/mol. The Hall–Kier alpha value is -3.40. The van der Waals surface area contributed by atoms with Crippen LogP contribution in [0.1, 0.15) is 37.3 Å². The van der Waals surface area contributed by atoms with E-state index < -0.39 is 10.0 Å². The zero-order valence-corrected chi connectivity index (χ0v) is 25.1. The fourth-order valence-electron chi connectivity index (χ4n) is 4.99. The van der Waals surface area contributed by atoms with Crippen molar-refractivity contribution in [2.45, 2.75) is 50.6 Å². The summed E-state index contributed by atoms with van der Waals surface area (Å²) in [6.07, 6.45) is 1.72. The Bertz CT molecular complexity index is 1430. The van der Waals surface area contributed by atoms with Gasteiger partial charge in [-0.05, 0) is 68.1 Å². The fraction of sp³-hybridized carbons (Fsp3) is 0.355. The van der Waals surface area contributed by atoms with Gasteiger partial charge in [0.15, 0.2) is 0 Å². The average molecular weight is 597 g/mol. The van der Waals surface area contributed by atoms with Gasteiger partial charge in [-0.25, -0.2) is 13.2 Å². The molecule has 1 aliphatic heterocycles. The van der Waals surface area contributed by atoms with Gasteiger partial charge in [-0.1, -0.05) is 66.6 Å². The first-order valence-electron chi connectivity index (χ1n) is 13.9. The average Bonchev–Trinajstić information content (AvgIpc) is 2.96. The van der Waals surface area contributed by atoms with Gasteiger partial charge in [-0.2, -0.15) is 4.31 Å². The van der Waals surface area contributed by atoms with Crippen molar-refractivity contribution in [1.82, 2.24) is 14.1 Å². The molecule has 10 heteroatoms. The highest BCUT2D eigenvalue weighted by Gasteiger charge is 2.33. The quantitative estimate of drug-likeness (QED) is 0.321. The lowest BCUT2D eigenvalue weighted by atomic mass is 10.0. The van der Waals surface area contributed by atoms with Crippen LogP contribution < -0.4 is 5.32 Å². The molecule has 1 heterocycles. The van der Waals surface area contributed by atoms with Gasteiger partial charge < -0.3 is 15.1 Å². The molecule has 4 rings (SSSR count). The molecule has 218 valence electrons. The highest BCUT2D eigenvalue weighted by Crippen LogP contribution is 2.23. The van der Waals surface area contributed by atoms with Gasteiger partial charge in [0.25, 0.3) is 0 Å². The minimum Gasteiger partial charge on any atom is -0.334 e. The molecule has 41 heavy (non-hydrogen) atoms. The summed E-state index contributed by atoms with van der Waals surface area (Å²) >= 11 is 6.24. The van der Waals surface area contributed by atoms with Crippen LogP contribution in [0.4, 0.5) is 10.5 Å². The number of nitrogens with one attached hydrogen (secondary N) is 1. The number of amides is 3. The van der Waals surface area contributed by atoms with E-state index in [-0.39, 0.29) is 36.0 Å². The van der Waals surface area contributed by atoms with Crippen molar-refractivity contribution in [3.05, 3.63) is 95.0 Å². The number of hydrogen-bond donors (Lipinski definition) is 1. The summed E-state index contributed by atoms with van der Waals surface area (Å²) < 4.78 is 28.3. The zero-order chi connectivity index (χ0) is 29.4. The monoisotopic (exact) mass is 596 g/mol. The summed E-state index contributed by atoms with van der Waals surface area (Å²) in [5, 5.41) is 3.49. The SMILES string of the molecule is CCCN(CC(=O)N(Cc1cccc(Cl)c1)C1CCN(C(=O)Nc2ccccc2)CC1)S(=O)(=O)c1ccc(C)cc1. The van der Waals surface area contributed by atoms with Crippen molar-refractivity contribution >= 4 is 39.2 Å². The molecular weight excluding hydrogens is 560 g/mol. The normalized spacial score (nSPS) is 14.2. The Balaban J connectivity index is 1.51. The number of carbonyl (C=O) groups excluding carboxylic acids is 2. The van der Waals surface area contributed by atoms with Crippen molar-refractivity contribution in [2.24, 2.45) is 0 Å². The van der Waals surface area contributed by atoms with Gasteiger partial charge in [0.05, 0.1) is 11.4 Å². The molecule has 0 spiro atoms. The molecule has 0 aromatic heterocycles. The number of para-hydroxylation sites is 1. The van der Waals surface area contributed by atoms with E-state index in [0.29, 0.717) is 43.9 Å². The number of carbonyl (C=O) groups is 2. The first kappa shape index (κ1) is 30.6. The molecule has 3 aromatic carbocycles. The van der Waals surface area contributed by atoms with Crippen LogP contribution in [0.25, 0.3) is 0 Å². The highest BCUT2D eigenvalue weighted by atomic mass is 35.5. The van der Waals surface area contributed by atoms with Crippen molar-refractivity contribution in [3.8, 4) is 0 Å². The Kier molecular flexibility index (Phi) is 10.4. The summed E-state index contributed by atoms with van der Waals surface area (Å²) in [4.78, 5) is 30.4. The lowest BCUT2D eigenvalue weighted by molar-refractivity contribution is -0.135. The Labute approximate surface area is 248 Å². The van der Waals surface area contributed by atoms with E-state index >= 15 is 0 Å². The van der Waals surface area contributed by atoms with Crippen LogP contribution in [-0.4, -0.2) is 66.7 Å². The third kappa shape index (κ3) is 8.09. The van der Waals surface area contributed by atoms with Crippen LogP contribution in [0, 0.1) is 6.92 Å². The van der Waals surface area contributed by atoms with Crippen LogP contribution in [0.3, 0.4) is 0 Å². The maximum atomic E-state index is 13.9. The second-order valence-corrected chi connectivity index (χ2v) is 12.7. The van der Waals surface area contributed by atoms with Crippen LogP contribution >= 0.6 is 11.6 Å². The van der Waals surface area contributed by atoms with E-state index in [1.54, 1.807) is 40.1 Å². The van der Waals surface area contributed by atoms with Gasteiger partial charge in [0, 0.05) is 42.9 Å². The number of aryl methyl sites for hydroxylation is 1. The van der Waals surface area contributed by atoms with E-state index in [4.69, 9.17) is 11.6 Å².